The Morgan fingerprint density at radius 2 is 1.59 bits per heavy atom. The molecular weight excluding hydrogens is 362 g/mol. The van der Waals surface area contributed by atoms with Gasteiger partial charge in [-0.05, 0) is 39.4 Å². The monoisotopic (exact) mass is 366 g/mol. The normalized spacial score (nSPS) is 10.5. The molecule has 0 amide bonds. The van der Waals surface area contributed by atoms with Gasteiger partial charge in [0.25, 0.3) is 0 Å². The fraction of sp³-hybridized carbons (Fsp3) is 0.200. The van der Waals surface area contributed by atoms with Crippen LogP contribution in [0.3, 0.4) is 0 Å². The molecule has 17 heavy (non-hydrogen) atoms. The molecular formula is C10H7Cl5S2. The van der Waals surface area contributed by atoms with E-state index in [1.165, 1.54) is 11.3 Å². The van der Waals surface area contributed by atoms with Crippen LogP contribution >= 0.6 is 80.7 Å². The van der Waals surface area contributed by atoms with Gasteiger partial charge in [-0.15, -0.1) is 57.7 Å². The first-order valence-electron chi connectivity index (χ1n) is 4.33. The third-order valence-electron chi connectivity index (χ3n) is 1.63. The Hall–Kier alpha value is 0.850. The fourth-order valence-electron chi connectivity index (χ4n) is 0.837. The van der Waals surface area contributed by atoms with Gasteiger partial charge in [-0.3, -0.25) is 0 Å². The molecule has 7 heteroatoms. The molecule has 0 atom stereocenters. The van der Waals surface area contributed by atoms with Crippen LogP contribution in [0.15, 0.2) is 28.3 Å². The van der Waals surface area contributed by atoms with Crippen molar-refractivity contribution < 1.29 is 0 Å². The van der Waals surface area contributed by atoms with E-state index in [1.807, 2.05) is 22.2 Å². The summed E-state index contributed by atoms with van der Waals surface area (Å²) in [5, 5.41) is 5.73. The fourth-order valence-corrected chi connectivity index (χ4v) is 3.26. The number of alkyl halides is 4. The largest absolute Gasteiger partial charge is 0.152 e. The lowest BCUT2D eigenvalue weighted by atomic mass is 10.4. The first-order valence-corrected chi connectivity index (χ1v) is 8.27. The second-order valence-electron chi connectivity index (χ2n) is 2.84. The Bertz CT molecular complexity index is 422. The SMILES string of the molecule is ClC(Cl)c1ccsc1.Clc1cc(C(Cl)Cl)cs1. The van der Waals surface area contributed by atoms with E-state index in [0.717, 1.165) is 15.5 Å². The van der Waals surface area contributed by atoms with E-state index >= 15 is 0 Å². The average molecular weight is 369 g/mol. The molecule has 0 bridgehead atoms. The predicted octanol–water partition coefficient (Wildman–Crippen LogP) is 7.10. The molecule has 94 valence electrons. The topological polar surface area (TPSA) is 0 Å². The highest BCUT2D eigenvalue weighted by Crippen LogP contribution is 2.30. The van der Waals surface area contributed by atoms with Crippen LogP contribution in [0.2, 0.25) is 4.34 Å². The lowest BCUT2D eigenvalue weighted by Crippen LogP contribution is -1.71. The molecule has 0 N–H and O–H groups in total. The van der Waals surface area contributed by atoms with Crippen LogP contribution in [0.4, 0.5) is 0 Å². The first-order chi connectivity index (χ1) is 8.00. The number of rotatable bonds is 2. The lowest BCUT2D eigenvalue weighted by molar-refractivity contribution is 1.40. The molecule has 0 fully saturated rings. The average Bonchev–Trinajstić information content (AvgIpc) is 2.87. The van der Waals surface area contributed by atoms with Gasteiger partial charge in [0, 0.05) is 0 Å². The minimum absolute atomic E-state index is 0.360. The van der Waals surface area contributed by atoms with Crippen molar-refractivity contribution in [3.63, 3.8) is 0 Å². The van der Waals surface area contributed by atoms with E-state index in [2.05, 4.69) is 0 Å². The molecule has 0 unspecified atom stereocenters. The molecule has 0 nitrogen and oxygen atoms in total. The van der Waals surface area contributed by atoms with Gasteiger partial charge in [0.1, 0.15) is 9.67 Å². The van der Waals surface area contributed by atoms with Crippen molar-refractivity contribution in [2.45, 2.75) is 9.67 Å². The van der Waals surface area contributed by atoms with Gasteiger partial charge < -0.3 is 0 Å². The maximum absolute atomic E-state index is 5.61. The van der Waals surface area contributed by atoms with Crippen LogP contribution in [0.25, 0.3) is 0 Å². The zero-order chi connectivity index (χ0) is 12.8. The Balaban J connectivity index is 0.000000171. The second-order valence-corrected chi connectivity index (χ2v) is 7.36. The Morgan fingerprint density at radius 3 is 1.82 bits per heavy atom. The Kier molecular flexibility index (Phi) is 7.59. The molecule has 0 saturated carbocycles. The summed E-state index contributed by atoms with van der Waals surface area (Å²) in [6, 6.07) is 3.67. The Morgan fingerprint density at radius 1 is 0.941 bits per heavy atom. The van der Waals surface area contributed by atoms with Crippen molar-refractivity contribution in [2.24, 2.45) is 0 Å². The van der Waals surface area contributed by atoms with Crippen LogP contribution < -0.4 is 0 Å². The summed E-state index contributed by atoms with van der Waals surface area (Å²) in [7, 11) is 0. The van der Waals surface area contributed by atoms with Crippen LogP contribution in [0, 0.1) is 0 Å². The number of halogens is 5. The molecule has 0 aliphatic rings. The van der Waals surface area contributed by atoms with Crippen LogP contribution in [0.1, 0.15) is 20.8 Å². The van der Waals surface area contributed by atoms with Crippen molar-refractivity contribution in [1.82, 2.24) is 0 Å². The first kappa shape index (κ1) is 15.9. The molecule has 0 aliphatic carbocycles. The van der Waals surface area contributed by atoms with Gasteiger partial charge in [0.15, 0.2) is 0 Å². The van der Waals surface area contributed by atoms with Gasteiger partial charge in [-0.2, -0.15) is 11.3 Å². The van der Waals surface area contributed by atoms with Crippen LogP contribution in [0.5, 0.6) is 0 Å². The van der Waals surface area contributed by atoms with E-state index < -0.39 is 4.84 Å². The zero-order valence-electron chi connectivity index (χ0n) is 8.25. The minimum Gasteiger partial charge on any atom is -0.152 e. The molecule has 2 aromatic rings. The number of thiophene rings is 2. The summed E-state index contributed by atoms with van der Waals surface area (Å²) in [6.07, 6.45) is 0. The molecule has 2 heterocycles. The van der Waals surface area contributed by atoms with Crippen molar-refractivity contribution in [3.05, 3.63) is 43.7 Å². The quantitative estimate of drug-likeness (QED) is 0.496. The number of hydrogen-bond acceptors (Lipinski definition) is 2. The molecule has 2 aromatic heterocycles. The van der Waals surface area contributed by atoms with Gasteiger partial charge in [-0.25, -0.2) is 0 Å². The zero-order valence-corrected chi connectivity index (χ0v) is 13.7. The van der Waals surface area contributed by atoms with Gasteiger partial charge in [0.05, 0.1) is 4.34 Å². The summed E-state index contributed by atoms with van der Waals surface area (Å²) in [6.45, 7) is 0. The molecule has 2 rings (SSSR count). The summed E-state index contributed by atoms with van der Waals surface area (Å²) < 4.78 is 0.719. The lowest BCUT2D eigenvalue weighted by Gasteiger charge is -1.90. The smallest absolute Gasteiger partial charge is 0.133 e. The van der Waals surface area contributed by atoms with E-state index in [9.17, 15) is 0 Å². The van der Waals surface area contributed by atoms with Gasteiger partial charge in [0.2, 0.25) is 0 Å². The van der Waals surface area contributed by atoms with Crippen molar-refractivity contribution >= 4 is 80.7 Å². The van der Waals surface area contributed by atoms with Gasteiger partial charge in [-0.1, -0.05) is 11.6 Å². The Labute approximate surface area is 133 Å². The van der Waals surface area contributed by atoms with Crippen molar-refractivity contribution in [1.29, 1.82) is 0 Å². The maximum Gasteiger partial charge on any atom is 0.133 e. The van der Waals surface area contributed by atoms with E-state index in [1.54, 1.807) is 17.4 Å². The summed E-state index contributed by atoms with van der Waals surface area (Å²) in [5.74, 6) is 0. The van der Waals surface area contributed by atoms with Crippen LogP contribution in [-0.4, -0.2) is 0 Å². The second kappa shape index (κ2) is 8.11. The van der Waals surface area contributed by atoms with E-state index in [-0.39, 0.29) is 4.84 Å². The molecule has 0 spiro atoms. The van der Waals surface area contributed by atoms with E-state index in [4.69, 9.17) is 58.0 Å². The molecule has 0 saturated heterocycles. The highest BCUT2D eigenvalue weighted by atomic mass is 35.5. The number of hydrogen-bond donors (Lipinski definition) is 0. The maximum atomic E-state index is 5.61. The van der Waals surface area contributed by atoms with E-state index in [0.29, 0.717) is 0 Å². The summed E-state index contributed by atoms with van der Waals surface area (Å²) in [4.78, 5) is -0.810. The third kappa shape index (κ3) is 6.02. The van der Waals surface area contributed by atoms with Gasteiger partial charge >= 0.3 is 0 Å². The highest BCUT2D eigenvalue weighted by Gasteiger charge is 2.04. The summed E-state index contributed by atoms with van der Waals surface area (Å²) in [5.41, 5.74) is 1.85. The van der Waals surface area contributed by atoms with Crippen molar-refractivity contribution in [2.75, 3.05) is 0 Å². The summed E-state index contributed by atoms with van der Waals surface area (Å²) >= 11 is 30.7. The molecule has 0 aromatic carbocycles. The standard InChI is InChI=1S/C5H3Cl3S.C5H4Cl2S/c6-4-1-3(2-9-4)5(7)8;6-5(7)4-1-2-8-3-4/h1-2,5H;1-3,5H. The molecule has 0 aliphatic heterocycles. The predicted molar refractivity (Wildman–Crippen MR) is 82.5 cm³/mol. The minimum atomic E-state index is -0.450. The highest BCUT2D eigenvalue weighted by molar-refractivity contribution is 7.14. The van der Waals surface area contributed by atoms with Crippen LogP contribution in [-0.2, 0) is 0 Å². The third-order valence-corrected chi connectivity index (χ3v) is 4.45. The van der Waals surface area contributed by atoms with Crippen molar-refractivity contribution in [3.8, 4) is 0 Å². The molecule has 0 radical (unpaired) electrons.